The summed E-state index contributed by atoms with van der Waals surface area (Å²) in [4.78, 5) is 4.65. The van der Waals surface area contributed by atoms with Crippen LogP contribution >= 0.6 is 0 Å². The van der Waals surface area contributed by atoms with Crippen LogP contribution in [0.3, 0.4) is 0 Å². The molecule has 3 nitrogen and oxygen atoms in total. The summed E-state index contributed by atoms with van der Waals surface area (Å²) in [5.41, 5.74) is 2.40. The van der Waals surface area contributed by atoms with E-state index in [0.717, 1.165) is 37.2 Å². The standard InChI is InChI=1S/C17H28N2O/c1-4-18-11-15-9-16(13(2)3)19-17(10-15)20-12-14-7-5-6-8-14/h9-10,13-14,18H,4-8,11-12H2,1-3H3. The molecule has 0 unspecified atom stereocenters. The lowest BCUT2D eigenvalue weighted by atomic mass is 10.1. The highest BCUT2D eigenvalue weighted by Gasteiger charge is 2.16. The molecule has 1 fully saturated rings. The summed E-state index contributed by atoms with van der Waals surface area (Å²) in [6.07, 6.45) is 5.35. The zero-order valence-electron chi connectivity index (χ0n) is 13.1. The molecular weight excluding hydrogens is 248 g/mol. The third kappa shape index (κ3) is 4.48. The minimum atomic E-state index is 0.436. The summed E-state index contributed by atoms with van der Waals surface area (Å²) in [6.45, 7) is 9.19. The van der Waals surface area contributed by atoms with Gasteiger partial charge in [0.1, 0.15) is 0 Å². The highest BCUT2D eigenvalue weighted by atomic mass is 16.5. The molecule has 1 aromatic heterocycles. The van der Waals surface area contributed by atoms with Crippen LogP contribution in [0.1, 0.15) is 63.6 Å². The lowest BCUT2D eigenvalue weighted by Crippen LogP contribution is -2.14. The molecule has 112 valence electrons. The first-order chi connectivity index (χ1) is 9.69. The summed E-state index contributed by atoms with van der Waals surface area (Å²) in [7, 11) is 0. The summed E-state index contributed by atoms with van der Waals surface area (Å²) in [5.74, 6) is 1.97. The first-order valence-electron chi connectivity index (χ1n) is 8.03. The number of ether oxygens (including phenoxy) is 1. The Kier molecular flexibility index (Phi) is 5.84. The van der Waals surface area contributed by atoms with Gasteiger partial charge in [-0.05, 0) is 42.9 Å². The monoisotopic (exact) mass is 276 g/mol. The van der Waals surface area contributed by atoms with Crippen molar-refractivity contribution >= 4 is 0 Å². The van der Waals surface area contributed by atoms with Gasteiger partial charge in [-0.15, -0.1) is 0 Å². The molecule has 0 radical (unpaired) electrons. The number of hydrogen-bond acceptors (Lipinski definition) is 3. The fourth-order valence-electron chi connectivity index (χ4n) is 2.70. The van der Waals surface area contributed by atoms with Gasteiger partial charge in [0.15, 0.2) is 0 Å². The smallest absolute Gasteiger partial charge is 0.213 e. The van der Waals surface area contributed by atoms with Gasteiger partial charge in [-0.2, -0.15) is 0 Å². The fourth-order valence-corrected chi connectivity index (χ4v) is 2.70. The lowest BCUT2D eigenvalue weighted by Gasteiger charge is -2.14. The molecule has 1 N–H and O–H groups in total. The predicted octanol–water partition coefficient (Wildman–Crippen LogP) is 3.88. The molecule has 2 rings (SSSR count). The van der Waals surface area contributed by atoms with Crippen LogP contribution in [0.4, 0.5) is 0 Å². The maximum atomic E-state index is 5.96. The fraction of sp³-hybridized carbons (Fsp3) is 0.706. The molecule has 0 bridgehead atoms. The highest BCUT2D eigenvalue weighted by Crippen LogP contribution is 2.26. The molecule has 0 atom stereocenters. The van der Waals surface area contributed by atoms with Gasteiger partial charge in [-0.25, -0.2) is 4.98 Å². The Morgan fingerprint density at radius 2 is 2.05 bits per heavy atom. The normalized spacial score (nSPS) is 16.0. The molecule has 0 amide bonds. The third-order valence-electron chi connectivity index (χ3n) is 3.99. The van der Waals surface area contributed by atoms with E-state index in [1.54, 1.807) is 0 Å². The van der Waals surface area contributed by atoms with Crippen LogP contribution in [0.15, 0.2) is 12.1 Å². The van der Waals surface area contributed by atoms with E-state index in [1.807, 2.05) is 0 Å². The molecule has 20 heavy (non-hydrogen) atoms. The van der Waals surface area contributed by atoms with E-state index in [-0.39, 0.29) is 0 Å². The van der Waals surface area contributed by atoms with Gasteiger partial charge in [-0.3, -0.25) is 0 Å². The molecule has 1 aliphatic rings. The van der Waals surface area contributed by atoms with E-state index < -0.39 is 0 Å². The Hall–Kier alpha value is -1.09. The Morgan fingerprint density at radius 1 is 1.30 bits per heavy atom. The van der Waals surface area contributed by atoms with Crippen LogP contribution in [0, 0.1) is 5.92 Å². The summed E-state index contributed by atoms with van der Waals surface area (Å²) < 4.78 is 5.96. The van der Waals surface area contributed by atoms with Crippen molar-refractivity contribution in [2.24, 2.45) is 5.92 Å². The van der Waals surface area contributed by atoms with Gasteiger partial charge in [0.2, 0.25) is 5.88 Å². The van der Waals surface area contributed by atoms with Crippen LogP contribution in [-0.4, -0.2) is 18.1 Å². The van der Waals surface area contributed by atoms with Crippen molar-refractivity contribution < 1.29 is 4.74 Å². The maximum Gasteiger partial charge on any atom is 0.213 e. The van der Waals surface area contributed by atoms with Crippen molar-refractivity contribution in [2.45, 2.75) is 58.9 Å². The Labute approximate surface area is 123 Å². The maximum absolute atomic E-state index is 5.96. The van der Waals surface area contributed by atoms with Crippen molar-refractivity contribution in [3.05, 3.63) is 23.4 Å². The van der Waals surface area contributed by atoms with Gasteiger partial charge in [0.25, 0.3) is 0 Å². The van der Waals surface area contributed by atoms with E-state index in [9.17, 15) is 0 Å². The zero-order valence-corrected chi connectivity index (χ0v) is 13.1. The van der Waals surface area contributed by atoms with Gasteiger partial charge in [-0.1, -0.05) is 33.6 Å². The van der Waals surface area contributed by atoms with Crippen LogP contribution in [0.5, 0.6) is 5.88 Å². The second-order valence-electron chi connectivity index (χ2n) is 6.14. The molecule has 1 heterocycles. The number of nitrogens with zero attached hydrogens (tertiary/aromatic N) is 1. The molecule has 3 heteroatoms. The van der Waals surface area contributed by atoms with E-state index in [1.165, 1.54) is 31.2 Å². The second-order valence-corrected chi connectivity index (χ2v) is 6.14. The number of hydrogen-bond donors (Lipinski definition) is 1. The molecule has 0 aliphatic heterocycles. The Bertz CT molecular complexity index is 411. The highest BCUT2D eigenvalue weighted by molar-refractivity contribution is 5.26. The molecule has 1 saturated carbocycles. The first kappa shape index (κ1) is 15.3. The van der Waals surface area contributed by atoms with E-state index in [4.69, 9.17) is 4.74 Å². The van der Waals surface area contributed by atoms with E-state index in [2.05, 4.69) is 43.2 Å². The van der Waals surface area contributed by atoms with Crippen molar-refractivity contribution in [3.8, 4) is 5.88 Å². The van der Waals surface area contributed by atoms with Crippen molar-refractivity contribution in [1.82, 2.24) is 10.3 Å². The van der Waals surface area contributed by atoms with Gasteiger partial charge >= 0.3 is 0 Å². The van der Waals surface area contributed by atoms with Crippen molar-refractivity contribution in [1.29, 1.82) is 0 Å². The van der Waals surface area contributed by atoms with Crippen molar-refractivity contribution in [2.75, 3.05) is 13.2 Å². The van der Waals surface area contributed by atoms with Gasteiger partial charge in [0.05, 0.1) is 6.61 Å². The van der Waals surface area contributed by atoms with Gasteiger partial charge < -0.3 is 10.1 Å². The molecule has 0 saturated heterocycles. The minimum absolute atomic E-state index is 0.436. The average molecular weight is 276 g/mol. The summed E-state index contributed by atoms with van der Waals surface area (Å²) in [6, 6.07) is 4.28. The lowest BCUT2D eigenvalue weighted by molar-refractivity contribution is 0.242. The number of rotatable bonds is 7. The topological polar surface area (TPSA) is 34.1 Å². The largest absolute Gasteiger partial charge is 0.477 e. The van der Waals surface area contributed by atoms with Crippen LogP contribution < -0.4 is 10.1 Å². The molecular formula is C17H28N2O. The first-order valence-corrected chi connectivity index (χ1v) is 8.03. The SMILES string of the molecule is CCNCc1cc(OCC2CCCC2)nc(C(C)C)c1. The van der Waals surface area contributed by atoms with Crippen LogP contribution in [0.2, 0.25) is 0 Å². The van der Waals surface area contributed by atoms with Crippen LogP contribution in [0.25, 0.3) is 0 Å². The molecule has 1 aromatic rings. The molecule has 0 spiro atoms. The number of nitrogens with one attached hydrogen (secondary N) is 1. The van der Waals surface area contributed by atoms with Crippen molar-refractivity contribution in [3.63, 3.8) is 0 Å². The Balaban J connectivity index is 2.02. The summed E-state index contributed by atoms with van der Waals surface area (Å²) >= 11 is 0. The quantitative estimate of drug-likeness (QED) is 0.820. The number of aromatic nitrogens is 1. The third-order valence-corrected chi connectivity index (χ3v) is 3.99. The Morgan fingerprint density at radius 3 is 2.70 bits per heavy atom. The molecule has 0 aromatic carbocycles. The van der Waals surface area contributed by atoms with Crippen LogP contribution in [-0.2, 0) is 6.54 Å². The zero-order chi connectivity index (χ0) is 14.4. The van der Waals surface area contributed by atoms with E-state index >= 15 is 0 Å². The number of pyridine rings is 1. The second kappa shape index (κ2) is 7.63. The van der Waals surface area contributed by atoms with Gasteiger partial charge in [0, 0.05) is 18.3 Å². The van der Waals surface area contributed by atoms with E-state index in [0.29, 0.717) is 5.92 Å². The summed E-state index contributed by atoms with van der Waals surface area (Å²) in [5, 5.41) is 3.37. The molecule has 1 aliphatic carbocycles. The predicted molar refractivity (Wildman–Crippen MR) is 83.2 cm³/mol. The minimum Gasteiger partial charge on any atom is -0.477 e. The average Bonchev–Trinajstić information content (AvgIpc) is 2.96.